The van der Waals surface area contributed by atoms with Crippen LogP contribution < -0.4 is 5.32 Å². The molecule has 0 spiro atoms. The van der Waals surface area contributed by atoms with Crippen molar-refractivity contribution >= 4 is 12.0 Å². The highest BCUT2D eigenvalue weighted by atomic mass is 16.6. The predicted octanol–water partition coefficient (Wildman–Crippen LogP) is 0.106. The lowest BCUT2D eigenvalue weighted by Gasteiger charge is -2.23. The largest absolute Gasteiger partial charge is 0.449 e. The summed E-state index contributed by atoms with van der Waals surface area (Å²) < 4.78 is 5.02. The number of carbonyl (C=O) groups excluding carboxylic acids is 2. The highest BCUT2D eigenvalue weighted by Crippen LogP contribution is 2.18. The van der Waals surface area contributed by atoms with Crippen LogP contribution in [0.2, 0.25) is 0 Å². The summed E-state index contributed by atoms with van der Waals surface area (Å²) in [6.45, 7) is 2.97. The van der Waals surface area contributed by atoms with Crippen LogP contribution in [0, 0.1) is 0 Å². The Hall–Kier alpha value is -1.30. The Balaban J connectivity index is 2.47. The van der Waals surface area contributed by atoms with Crippen molar-refractivity contribution in [1.82, 2.24) is 10.2 Å². The zero-order valence-electron chi connectivity index (χ0n) is 10.1. The van der Waals surface area contributed by atoms with E-state index in [2.05, 4.69) is 5.32 Å². The maximum absolute atomic E-state index is 11.7. The molecule has 2 amide bonds. The van der Waals surface area contributed by atoms with Crippen LogP contribution in [0.15, 0.2) is 0 Å². The molecule has 2 N–H and O–H groups in total. The lowest BCUT2D eigenvalue weighted by molar-refractivity contribution is -0.125. The van der Waals surface area contributed by atoms with E-state index in [0.29, 0.717) is 19.6 Å². The molecule has 6 nitrogen and oxygen atoms in total. The van der Waals surface area contributed by atoms with Crippen molar-refractivity contribution in [1.29, 1.82) is 0 Å². The van der Waals surface area contributed by atoms with Crippen LogP contribution in [-0.2, 0) is 9.53 Å². The molecule has 0 radical (unpaired) electrons. The Morgan fingerprint density at radius 3 is 2.94 bits per heavy atom. The van der Waals surface area contributed by atoms with Crippen molar-refractivity contribution in [3.63, 3.8) is 0 Å². The molecular formula is C11H20N2O4. The van der Waals surface area contributed by atoms with E-state index in [4.69, 9.17) is 9.84 Å². The Morgan fingerprint density at radius 2 is 2.29 bits per heavy atom. The molecular weight excluding hydrogens is 224 g/mol. The molecule has 0 aliphatic carbocycles. The number of ether oxygens (including phenoxy) is 1. The van der Waals surface area contributed by atoms with E-state index in [0.717, 1.165) is 12.8 Å². The van der Waals surface area contributed by atoms with E-state index in [9.17, 15) is 9.59 Å². The van der Waals surface area contributed by atoms with E-state index >= 15 is 0 Å². The van der Waals surface area contributed by atoms with Gasteiger partial charge in [-0.25, -0.2) is 4.79 Å². The first kappa shape index (κ1) is 13.8. The summed E-state index contributed by atoms with van der Waals surface area (Å²) in [6, 6.07) is -0.453. The van der Waals surface area contributed by atoms with Crippen molar-refractivity contribution in [3.05, 3.63) is 0 Å². The van der Waals surface area contributed by atoms with E-state index in [-0.39, 0.29) is 19.1 Å². The SMILES string of the molecule is CCCOC(=O)N1CCC[C@H]1C(=O)NCCO. The summed E-state index contributed by atoms with van der Waals surface area (Å²) in [5, 5.41) is 11.2. The fourth-order valence-corrected chi connectivity index (χ4v) is 1.83. The molecule has 6 heteroatoms. The molecule has 98 valence electrons. The van der Waals surface area contributed by atoms with Gasteiger partial charge in [0.1, 0.15) is 6.04 Å². The lowest BCUT2D eigenvalue weighted by Crippen LogP contribution is -2.46. The molecule has 0 aromatic rings. The molecule has 0 saturated carbocycles. The van der Waals surface area contributed by atoms with Crippen LogP contribution >= 0.6 is 0 Å². The normalized spacial score (nSPS) is 19.2. The summed E-state index contributed by atoms with van der Waals surface area (Å²) in [5.41, 5.74) is 0. The highest BCUT2D eigenvalue weighted by Gasteiger charge is 2.34. The Bertz CT molecular complexity index is 244. The predicted molar refractivity (Wildman–Crippen MR) is 61.5 cm³/mol. The van der Waals surface area contributed by atoms with Gasteiger partial charge < -0.3 is 15.2 Å². The first-order chi connectivity index (χ1) is 8.20. The van der Waals surface area contributed by atoms with Gasteiger partial charge in [0.25, 0.3) is 0 Å². The number of hydrogen-bond acceptors (Lipinski definition) is 4. The molecule has 1 heterocycles. The summed E-state index contributed by atoms with van der Waals surface area (Å²) in [4.78, 5) is 24.8. The number of aliphatic hydroxyl groups excluding tert-OH is 1. The number of amides is 2. The van der Waals surface area contributed by atoms with Crippen molar-refractivity contribution in [2.75, 3.05) is 26.3 Å². The summed E-state index contributed by atoms with van der Waals surface area (Å²) >= 11 is 0. The zero-order valence-corrected chi connectivity index (χ0v) is 10.1. The third-order valence-electron chi connectivity index (χ3n) is 2.63. The van der Waals surface area contributed by atoms with Crippen molar-refractivity contribution < 1.29 is 19.4 Å². The van der Waals surface area contributed by atoms with Gasteiger partial charge in [-0.1, -0.05) is 6.92 Å². The van der Waals surface area contributed by atoms with Crippen molar-refractivity contribution in [3.8, 4) is 0 Å². The fraction of sp³-hybridized carbons (Fsp3) is 0.818. The average Bonchev–Trinajstić information content (AvgIpc) is 2.82. The van der Waals surface area contributed by atoms with Gasteiger partial charge >= 0.3 is 6.09 Å². The zero-order chi connectivity index (χ0) is 12.7. The number of aliphatic hydroxyl groups is 1. The van der Waals surface area contributed by atoms with Gasteiger partial charge in [-0.05, 0) is 19.3 Å². The van der Waals surface area contributed by atoms with E-state index in [1.54, 1.807) is 0 Å². The minimum atomic E-state index is -0.453. The molecule has 1 aliphatic heterocycles. The summed E-state index contributed by atoms with van der Waals surface area (Å²) in [5.74, 6) is -0.218. The molecule has 0 aromatic heterocycles. The van der Waals surface area contributed by atoms with Crippen LogP contribution in [0.3, 0.4) is 0 Å². The summed E-state index contributed by atoms with van der Waals surface area (Å²) in [7, 11) is 0. The van der Waals surface area contributed by atoms with Gasteiger partial charge in [0.2, 0.25) is 5.91 Å². The molecule has 1 fully saturated rings. The third-order valence-corrected chi connectivity index (χ3v) is 2.63. The fourth-order valence-electron chi connectivity index (χ4n) is 1.83. The van der Waals surface area contributed by atoms with Crippen LogP contribution in [0.25, 0.3) is 0 Å². The molecule has 1 rings (SSSR count). The third kappa shape index (κ3) is 3.89. The first-order valence-corrected chi connectivity index (χ1v) is 6.02. The van der Waals surface area contributed by atoms with Gasteiger partial charge in [-0.2, -0.15) is 0 Å². The molecule has 1 saturated heterocycles. The monoisotopic (exact) mass is 244 g/mol. The van der Waals surface area contributed by atoms with Gasteiger partial charge in [-0.15, -0.1) is 0 Å². The Kier molecular flexibility index (Phi) is 5.76. The molecule has 17 heavy (non-hydrogen) atoms. The second-order valence-corrected chi connectivity index (χ2v) is 3.98. The minimum absolute atomic E-state index is 0.0985. The van der Waals surface area contributed by atoms with Crippen LogP contribution in [0.5, 0.6) is 0 Å². The molecule has 1 atom stereocenters. The number of carbonyl (C=O) groups is 2. The van der Waals surface area contributed by atoms with Gasteiger partial charge in [0, 0.05) is 13.1 Å². The van der Waals surface area contributed by atoms with Gasteiger partial charge in [-0.3, -0.25) is 9.69 Å². The van der Waals surface area contributed by atoms with E-state index < -0.39 is 12.1 Å². The number of hydrogen-bond donors (Lipinski definition) is 2. The lowest BCUT2D eigenvalue weighted by atomic mass is 10.2. The smallest absolute Gasteiger partial charge is 0.410 e. The van der Waals surface area contributed by atoms with Crippen LogP contribution in [0.4, 0.5) is 4.79 Å². The second-order valence-electron chi connectivity index (χ2n) is 3.98. The molecule has 1 aliphatic rings. The van der Waals surface area contributed by atoms with Crippen LogP contribution in [0.1, 0.15) is 26.2 Å². The second kappa shape index (κ2) is 7.11. The Morgan fingerprint density at radius 1 is 1.53 bits per heavy atom. The van der Waals surface area contributed by atoms with Gasteiger partial charge in [0.15, 0.2) is 0 Å². The van der Waals surface area contributed by atoms with Crippen LogP contribution in [-0.4, -0.2) is 54.4 Å². The average molecular weight is 244 g/mol. The number of likely N-dealkylation sites (tertiary alicyclic amines) is 1. The Labute approximate surface area is 101 Å². The minimum Gasteiger partial charge on any atom is -0.449 e. The first-order valence-electron chi connectivity index (χ1n) is 6.02. The quantitative estimate of drug-likeness (QED) is 0.719. The number of nitrogens with one attached hydrogen (secondary N) is 1. The van der Waals surface area contributed by atoms with Crippen molar-refractivity contribution in [2.24, 2.45) is 0 Å². The van der Waals surface area contributed by atoms with Gasteiger partial charge in [0.05, 0.1) is 13.2 Å². The summed E-state index contributed by atoms with van der Waals surface area (Å²) in [6.07, 6.45) is 1.80. The molecule has 0 bridgehead atoms. The standard InChI is InChI=1S/C11H20N2O4/c1-2-8-17-11(16)13-6-3-4-9(13)10(15)12-5-7-14/h9,14H,2-8H2,1H3,(H,12,15)/t9-/m0/s1. The number of rotatable bonds is 5. The van der Waals surface area contributed by atoms with E-state index in [1.165, 1.54) is 4.90 Å². The van der Waals surface area contributed by atoms with Crippen molar-refractivity contribution in [2.45, 2.75) is 32.2 Å². The maximum Gasteiger partial charge on any atom is 0.410 e. The number of nitrogens with zero attached hydrogens (tertiary/aromatic N) is 1. The van der Waals surface area contributed by atoms with E-state index in [1.807, 2.05) is 6.92 Å². The molecule has 0 aromatic carbocycles. The maximum atomic E-state index is 11.7. The topological polar surface area (TPSA) is 78.9 Å². The molecule has 0 unspecified atom stereocenters. The highest BCUT2D eigenvalue weighted by molar-refractivity contribution is 5.86.